The molecule has 0 aliphatic carbocycles. The third-order valence-corrected chi connectivity index (χ3v) is 4.13. The number of halogens is 1. The van der Waals surface area contributed by atoms with Crippen LogP contribution in [-0.2, 0) is 4.79 Å². The van der Waals surface area contributed by atoms with E-state index in [-0.39, 0.29) is 17.6 Å². The molecule has 0 aliphatic rings. The Balaban J connectivity index is 2.09. The van der Waals surface area contributed by atoms with Gasteiger partial charge < -0.3 is 10.1 Å². The maximum Gasteiger partial charge on any atom is 0.334 e. The SMILES string of the molecule is CC(=O)c1ccc(OC(=O)[C@@H](CC(C)C)NC(=O)c2ccc(Cl)cc2)cc1. The Hall–Kier alpha value is -2.66. The summed E-state index contributed by atoms with van der Waals surface area (Å²) in [6.07, 6.45) is 0.434. The van der Waals surface area contributed by atoms with Crippen molar-refractivity contribution in [3.8, 4) is 5.75 Å². The normalized spacial score (nSPS) is 11.7. The lowest BCUT2D eigenvalue weighted by atomic mass is 10.0. The van der Waals surface area contributed by atoms with Crippen molar-refractivity contribution < 1.29 is 19.1 Å². The molecular formula is C21H22ClNO4. The molecule has 0 fully saturated rings. The van der Waals surface area contributed by atoms with Crippen LogP contribution in [0, 0.1) is 5.92 Å². The summed E-state index contributed by atoms with van der Waals surface area (Å²) in [5.41, 5.74) is 0.941. The van der Waals surface area contributed by atoms with E-state index in [1.165, 1.54) is 6.92 Å². The molecule has 6 heteroatoms. The summed E-state index contributed by atoms with van der Waals surface area (Å²) < 4.78 is 5.38. The summed E-state index contributed by atoms with van der Waals surface area (Å²) >= 11 is 5.84. The van der Waals surface area contributed by atoms with Crippen molar-refractivity contribution in [2.45, 2.75) is 33.2 Å². The number of esters is 1. The monoisotopic (exact) mass is 387 g/mol. The molecule has 2 rings (SSSR count). The molecule has 0 spiro atoms. The molecular weight excluding hydrogens is 366 g/mol. The number of nitrogens with one attached hydrogen (secondary N) is 1. The zero-order chi connectivity index (χ0) is 20.0. The van der Waals surface area contributed by atoms with E-state index in [4.69, 9.17) is 16.3 Å². The fraction of sp³-hybridized carbons (Fsp3) is 0.286. The van der Waals surface area contributed by atoms with Gasteiger partial charge in [0.1, 0.15) is 11.8 Å². The Morgan fingerprint density at radius 2 is 1.52 bits per heavy atom. The summed E-state index contributed by atoms with van der Waals surface area (Å²) in [6.45, 7) is 5.37. The highest BCUT2D eigenvalue weighted by molar-refractivity contribution is 6.30. The third-order valence-electron chi connectivity index (χ3n) is 3.88. The number of rotatable bonds is 7. The fourth-order valence-electron chi connectivity index (χ4n) is 2.47. The van der Waals surface area contributed by atoms with Crippen molar-refractivity contribution >= 4 is 29.3 Å². The predicted molar refractivity (Wildman–Crippen MR) is 104 cm³/mol. The van der Waals surface area contributed by atoms with Gasteiger partial charge in [0.25, 0.3) is 5.91 Å². The molecule has 0 radical (unpaired) electrons. The zero-order valence-electron chi connectivity index (χ0n) is 15.5. The van der Waals surface area contributed by atoms with E-state index < -0.39 is 12.0 Å². The van der Waals surface area contributed by atoms with Crippen LogP contribution in [-0.4, -0.2) is 23.7 Å². The average Bonchev–Trinajstić information content (AvgIpc) is 2.61. The van der Waals surface area contributed by atoms with Crippen molar-refractivity contribution in [2.24, 2.45) is 5.92 Å². The number of amides is 1. The molecule has 1 atom stereocenters. The van der Waals surface area contributed by atoms with Crippen LogP contribution >= 0.6 is 11.6 Å². The van der Waals surface area contributed by atoms with E-state index in [9.17, 15) is 14.4 Å². The summed E-state index contributed by atoms with van der Waals surface area (Å²) in [6, 6.07) is 11.9. The molecule has 1 amide bonds. The van der Waals surface area contributed by atoms with E-state index >= 15 is 0 Å². The van der Waals surface area contributed by atoms with Crippen molar-refractivity contribution in [3.05, 3.63) is 64.7 Å². The number of benzene rings is 2. The lowest BCUT2D eigenvalue weighted by Gasteiger charge is -2.19. The van der Waals surface area contributed by atoms with Crippen LogP contribution in [0.1, 0.15) is 47.9 Å². The Kier molecular flexibility index (Phi) is 7.13. The minimum Gasteiger partial charge on any atom is -0.425 e. The second-order valence-corrected chi connectivity index (χ2v) is 7.10. The smallest absolute Gasteiger partial charge is 0.334 e. The topological polar surface area (TPSA) is 72.5 Å². The van der Waals surface area contributed by atoms with E-state index in [0.29, 0.717) is 28.3 Å². The Bertz CT molecular complexity index is 813. The van der Waals surface area contributed by atoms with Crippen molar-refractivity contribution in [3.63, 3.8) is 0 Å². The summed E-state index contributed by atoms with van der Waals surface area (Å²) in [5, 5.41) is 3.25. The number of hydrogen-bond acceptors (Lipinski definition) is 4. The molecule has 0 aromatic heterocycles. The van der Waals surface area contributed by atoms with Gasteiger partial charge in [-0.15, -0.1) is 0 Å². The molecule has 0 saturated carbocycles. The van der Waals surface area contributed by atoms with Gasteiger partial charge in [-0.25, -0.2) is 4.79 Å². The van der Waals surface area contributed by atoms with Crippen molar-refractivity contribution in [1.82, 2.24) is 5.32 Å². The first-order chi connectivity index (χ1) is 12.8. The maximum absolute atomic E-state index is 12.6. The zero-order valence-corrected chi connectivity index (χ0v) is 16.2. The molecule has 2 aromatic rings. The maximum atomic E-state index is 12.6. The standard InChI is InChI=1S/C21H22ClNO4/c1-13(2)12-19(23-20(25)16-4-8-17(22)9-5-16)21(26)27-18-10-6-15(7-11-18)14(3)24/h4-11,13,19H,12H2,1-3H3,(H,23,25)/t19-/m1/s1. The number of ether oxygens (including phenoxy) is 1. The lowest BCUT2D eigenvalue weighted by molar-refractivity contribution is -0.137. The highest BCUT2D eigenvalue weighted by atomic mass is 35.5. The van der Waals surface area contributed by atoms with Crippen LogP contribution < -0.4 is 10.1 Å². The highest BCUT2D eigenvalue weighted by Crippen LogP contribution is 2.16. The number of carbonyl (C=O) groups is 3. The van der Waals surface area contributed by atoms with Crippen LogP contribution in [0.5, 0.6) is 5.75 Å². The van der Waals surface area contributed by atoms with Gasteiger partial charge in [-0.3, -0.25) is 9.59 Å². The molecule has 0 bridgehead atoms. The third kappa shape index (κ3) is 6.22. The van der Waals surface area contributed by atoms with Gasteiger partial charge in [0.2, 0.25) is 0 Å². The van der Waals surface area contributed by atoms with Crippen LogP contribution in [0.25, 0.3) is 0 Å². The Morgan fingerprint density at radius 1 is 0.963 bits per heavy atom. The predicted octanol–water partition coefficient (Wildman–Crippen LogP) is 4.29. The Morgan fingerprint density at radius 3 is 2.04 bits per heavy atom. The molecule has 5 nitrogen and oxygen atoms in total. The van der Waals surface area contributed by atoms with E-state index in [2.05, 4.69) is 5.32 Å². The van der Waals surface area contributed by atoms with Gasteiger partial charge in [-0.1, -0.05) is 25.4 Å². The van der Waals surface area contributed by atoms with E-state index in [1.807, 2.05) is 13.8 Å². The van der Waals surface area contributed by atoms with Gasteiger partial charge >= 0.3 is 5.97 Å². The first-order valence-electron chi connectivity index (χ1n) is 8.65. The van der Waals surface area contributed by atoms with Gasteiger partial charge in [0.05, 0.1) is 0 Å². The average molecular weight is 388 g/mol. The largest absolute Gasteiger partial charge is 0.425 e. The Labute approximate surface area is 163 Å². The van der Waals surface area contributed by atoms with E-state index in [0.717, 1.165) is 0 Å². The molecule has 0 aliphatic heterocycles. The minimum absolute atomic E-state index is 0.0687. The lowest BCUT2D eigenvalue weighted by Crippen LogP contribution is -2.43. The number of Topliss-reactive ketones (excluding diaryl/α,β-unsaturated/α-hetero) is 1. The number of hydrogen-bond donors (Lipinski definition) is 1. The quantitative estimate of drug-likeness (QED) is 0.437. The molecule has 0 heterocycles. The molecule has 0 unspecified atom stereocenters. The van der Waals surface area contributed by atoms with Crippen molar-refractivity contribution in [1.29, 1.82) is 0 Å². The van der Waals surface area contributed by atoms with Gasteiger partial charge in [0, 0.05) is 16.1 Å². The molecule has 0 saturated heterocycles. The van der Waals surface area contributed by atoms with Crippen LogP contribution in [0.2, 0.25) is 5.02 Å². The van der Waals surface area contributed by atoms with E-state index in [1.54, 1.807) is 48.5 Å². The molecule has 27 heavy (non-hydrogen) atoms. The molecule has 2 aromatic carbocycles. The number of ketones is 1. The van der Waals surface area contributed by atoms with Gasteiger partial charge in [-0.05, 0) is 67.8 Å². The molecule has 1 N–H and O–H groups in total. The van der Waals surface area contributed by atoms with Gasteiger partial charge in [0.15, 0.2) is 5.78 Å². The first-order valence-corrected chi connectivity index (χ1v) is 9.03. The van der Waals surface area contributed by atoms with Gasteiger partial charge in [-0.2, -0.15) is 0 Å². The molecule has 142 valence electrons. The van der Waals surface area contributed by atoms with Crippen LogP contribution in [0.4, 0.5) is 0 Å². The number of carbonyl (C=O) groups excluding carboxylic acids is 3. The highest BCUT2D eigenvalue weighted by Gasteiger charge is 2.24. The fourth-order valence-corrected chi connectivity index (χ4v) is 2.60. The second kappa shape index (κ2) is 9.33. The van der Waals surface area contributed by atoms with Crippen LogP contribution in [0.15, 0.2) is 48.5 Å². The summed E-state index contributed by atoms with van der Waals surface area (Å²) in [7, 11) is 0. The van der Waals surface area contributed by atoms with Crippen molar-refractivity contribution in [2.75, 3.05) is 0 Å². The second-order valence-electron chi connectivity index (χ2n) is 6.66. The van der Waals surface area contributed by atoms with Crippen LogP contribution in [0.3, 0.4) is 0 Å². The summed E-state index contributed by atoms with van der Waals surface area (Å²) in [5.74, 6) is -0.503. The minimum atomic E-state index is -0.791. The summed E-state index contributed by atoms with van der Waals surface area (Å²) in [4.78, 5) is 36.3. The first kappa shape index (κ1) is 20.6.